The molecule has 1 saturated carbocycles. The molecule has 2 N–H and O–H groups in total. The van der Waals surface area contributed by atoms with Crippen molar-refractivity contribution in [1.82, 2.24) is 25.3 Å². The van der Waals surface area contributed by atoms with Crippen molar-refractivity contribution in [3.8, 4) is 0 Å². The third-order valence-electron chi connectivity index (χ3n) is 6.09. The van der Waals surface area contributed by atoms with Crippen LogP contribution in [0.3, 0.4) is 0 Å². The molecule has 2 aliphatic heterocycles. The first-order valence-corrected chi connectivity index (χ1v) is 10.9. The van der Waals surface area contributed by atoms with Crippen LogP contribution in [0.15, 0.2) is 0 Å². The zero-order valence-corrected chi connectivity index (χ0v) is 17.0. The Morgan fingerprint density at radius 2 is 1.29 bits per heavy atom. The van der Waals surface area contributed by atoms with Crippen molar-refractivity contribution in [1.29, 1.82) is 0 Å². The summed E-state index contributed by atoms with van der Waals surface area (Å²) in [5.74, 6) is -0.0266. The van der Waals surface area contributed by atoms with Gasteiger partial charge in [0.25, 0.3) is 0 Å². The number of likely N-dealkylation sites (tertiary alicyclic amines) is 1. The maximum Gasteiger partial charge on any atom is 0.321 e. The van der Waals surface area contributed by atoms with Crippen molar-refractivity contribution in [2.45, 2.75) is 57.4 Å². The molecule has 0 radical (unpaired) electrons. The van der Waals surface area contributed by atoms with E-state index >= 15 is 0 Å². The lowest BCUT2D eigenvalue weighted by molar-refractivity contribution is -0.133. The van der Waals surface area contributed by atoms with Crippen LogP contribution < -0.4 is 10.6 Å². The van der Waals surface area contributed by atoms with Gasteiger partial charge in [-0.2, -0.15) is 0 Å². The maximum atomic E-state index is 12.5. The molecule has 158 valence electrons. The summed E-state index contributed by atoms with van der Waals surface area (Å²) in [6.45, 7) is 5.53. The number of amides is 4. The Morgan fingerprint density at radius 1 is 0.714 bits per heavy atom. The summed E-state index contributed by atoms with van der Waals surface area (Å²) in [5, 5.41) is 5.31. The zero-order valence-electron chi connectivity index (χ0n) is 17.0. The second-order valence-corrected chi connectivity index (χ2v) is 8.35. The van der Waals surface area contributed by atoms with E-state index in [-0.39, 0.29) is 30.4 Å². The second kappa shape index (κ2) is 10.8. The minimum absolute atomic E-state index is 0.207. The fourth-order valence-corrected chi connectivity index (χ4v) is 4.38. The van der Waals surface area contributed by atoms with Crippen molar-refractivity contribution in [3.63, 3.8) is 0 Å². The second-order valence-electron chi connectivity index (χ2n) is 8.35. The summed E-state index contributed by atoms with van der Waals surface area (Å²) < 4.78 is 0. The highest BCUT2D eigenvalue weighted by Crippen LogP contribution is 2.17. The van der Waals surface area contributed by atoms with Crippen molar-refractivity contribution in [2.24, 2.45) is 0 Å². The highest BCUT2D eigenvalue weighted by Gasteiger charge is 2.24. The lowest BCUT2D eigenvalue weighted by Gasteiger charge is -2.34. The van der Waals surface area contributed by atoms with Crippen LogP contribution in [-0.4, -0.2) is 90.9 Å². The molecule has 2 saturated heterocycles. The number of hydrogen-bond donors (Lipinski definition) is 2. The van der Waals surface area contributed by atoms with E-state index in [1.807, 2.05) is 9.80 Å². The zero-order chi connectivity index (χ0) is 19.8. The Hall–Kier alpha value is -1.67. The van der Waals surface area contributed by atoms with E-state index in [0.29, 0.717) is 6.54 Å². The fourth-order valence-electron chi connectivity index (χ4n) is 4.38. The minimum Gasteiger partial charge on any atom is -0.342 e. The Bertz CT molecular complexity index is 534. The van der Waals surface area contributed by atoms with Gasteiger partial charge in [-0.25, -0.2) is 4.79 Å². The summed E-state index contributed by atoms with van der Waals surface area (Å²) in [7, 11) is 0. The van der Waals surface area contributed by atoms with Crippen LogP contribution in [0, 0.1) is 0 Å². The third kappa shape index (κ3) is 6.74. The molecule has 28 heavy (non-hydrogen) atoms. The van der Waals surface area contributed by atoms with Gasteiger partial charge in [0.05, 0.1) is 13.1 Å². The first-order chi connectivity index (χ1) is 13.6. The number of nitrogens with one attached hydrogen (secondary N) is 2. The molecule has 8 heteroatoms. The predicted molar refractivity (Wildman–Crippen MR) is 107 cm³/mol. The van der Waals surface area contributed by atoms with Gasteiger partial charge in [-0.05, 0) is 25.7 Å². The first kappa shape index (κ1) is 21.0. The summed E-state index contributed by atoms with van der Waals surface area (Å²) in [6.07, 6.45) is 8.96. The number of piperazine rings is 1. The largest absolute Gasteiger partial charge is 0.342 e. The van der Waals surface area contributed by atoms with E-state index in [0.717, 1.165) is 77.8 Å². The average molecular weight is 394 g/mol. The summed E-state index contributed by atoms with van der Waals surface area (Å²) in [6, 6.07) is -0.170. The molecule has 2 heterocycles. The van der Waals surface area contributed by atoms with E-state index in [9.17, 15) is 14.4 Å². The van der Waals surface area contributed by atoms with E-state index in [1.165, 1.54) is 12.8 Å². The molecule has 4 amide bonds. The molecule has 0 aromatic heterocycles. The van der Waals surface area contributed by atoms with Crippen LogP contribution in [-0.2, 0) is 9.59 Å². The number of nitrogens with zero attached hydrogens (tertiary/aromatic N) is 3. The Kier molecular flexibility index (Phi) is 8.09. The van der Waals surface area contributed by atoms with Crippen molar-refractivity contribution >= 4 is 17.8 Å². The fraction of sp³-hybridized carbons (Fsp3) is 0.850. The summed E-state index contributed by atoms with van der Waals surface area (Å²) >= 11 is 0. The van der Waals surface area contributed by atoms with Gasteiger partial charge in [0.15, 0.2) is 0 Å². The molecule has 3 fully saturated rings. The quantitative estimate of drug-likeness (QED) is 0.721. The van der Waals surface area contributed by atoms with Crippen molar-refractivity contribution < 1.29 is 14.4 Å². The molecule has 0 spiro atoms. The highest BCUT2D eigenvalue weighted by molar-refractivity contribution is 5.95. The summed E-state index contributed by atoms with van der Waals surface area (Å²) in [5.41, 5.74) is 0. The first-order valence-electron chi connectivity index (χ1n) is 10.9. The standard InChI is InChI=1S/C20H35N5O3/c26-18(22-20(28)21-17-7-3-4-8-17)15-23-11-13-24(14-12-23)16-19(27)25-9-5-1-2-6-10-25/h17H,1-16H2,(H2,21,22,26,28). The van der Waals surface area contributed by atoms with E-state index in [2.05, 4.69) is 15.5 Å². The minimum atomic E-state index is -0.376. The molecule has 3 rings (SSSR count). The molecular weight excluding hydrogens is 358 g/mol. The average Bonchev–Trinajstić information content (AvgIpc) is 3.01. The van der Waals surface area contributed by atoms with Gasteiger partial charge in [0, 0.05) is 45.3 Å². The van der Waals surface area contributed by atoms with Gasteiger partial charge >= 0.3 is 6.03 Å². The lowest BCUT2D eigenvalue weighted by atomic mass is 10.2. The number of rotatable bonds is 5. The molecule has 3 aliphatic rings. The van der Waals surface area contributed by atoms with Crippen molar-refractivity contribution in [2.75, 3.05) is 52.4 Å². The number of urea groups is 1. The highest BCUT2D eigenvalue weighted by atomic mass is 16.2. The van der Waals surface area contributed by atoms with Crippen LogP contribution in [0.5, 0.6) is 0 Å². The normalized spacial score (nSPS) is 22.6. The number of imide groups is 1. The van der Waals surface area contributed by atoms with E-state index < -0.39 is 0 Å². The monoisotopic (exact) mass is 393 g/mol. The van der Waals surface area contributed by atoms with Crippen LogP contribution in [0.25, 0.3) is 0 Å². The molecule has 0 bridgehead atoms. The topological polar surface area (TPSA) is 85.0 Å². The van der Waals surface area contributed by atoms with Crippen LogP contribution in [0.2, 0.25) is 0 Å². The molecule has 0 unspecified atom stereocenters. The van der Waals surface area contributed by atoms with Gasteiger partial charge in [0.1, 0.15) is 0 Å². The SMILES string of the molecule is O=C(CN1CCN(CC(=O)N2CCCCCC2)CC1)NC(=O)NC1CCCC1. The Labute approximate surface area is 168 Å². The third-order valence-corrected chi connectivity index (χ3v) is 6.09. The van der Waals surface area contributed by atoms with Gasteiger partial charge in [-0.3, -0.25) is 24.7 Å². The molecule has 8 nitrogen and oxygen atoms in total. The summed E-state index contributed by atoms with van der Waals surface area (Å²) in [4.78, 5) is 42.7. The van der Waals surface area contributed by atoms with Crippen LogP contribution >= 0.6 is 0 Å². The molecule has 0 atom stereocenters. The molecule has 0 aromatic carbocycles. The van der Waals surface area contributed by atoms with Crippen LogP contribution in [0.4, 0.5) is 4.79 Å². The predicted octanol–water partition coefficient (Wildman–Crippen LogP) is 0.775. The smallest absolute Gasteiger partial charge is 0.321 e. The molecule has 0 aromatic rings. The molecular formula is C20H35N5O3. The van der Waals surface area contributed by atoms with Gasteiger partial charge < -0.3 is 10.2 Å². The Balaban J connectivity index is 1.31. The van der Waals surface area contributed by atoms with E-state index in [4.69, 9.17) is 0 Å². The Morgan fingerprint density at radius 3 is 1.89 bits per heavy atom. The number of carbonyl (C=O) groups excluding carboxylic acids is 3. The van der Waals surface area contributed by atoms with Gasteiger partial charge in [0.2, 0.25) is 11.8 Å². The van der Waals surface area contributed by atoms with Crippen molar-refractivity contribution in [3.05, 3.63) is 0 Å². The number of carbonyl (C=O) groups is 3. The van der Waals surface area contributed by atoms with Crippen LogP contribution in [0.1, 0.15) is 51.4 Å². The van der Waals surface area contributed by atoms with Gasteiger partial charge in [-0.1, -0.05) is 25.7 Å². The molecule has 1 aliphatic carbocycles. The van der Waals surface area contributed by atoms with E-state index in [1.54, 1.807) is 0 Å². The lowest BCUT2D eigenvalue weighted by Crippen LogP contribution is -2.53. The van der Waals surface area contributed by atoms with Gasteiger partial charge in [-0.15, -0.1) is 0 Å². The number of hydrogen-bond acceptors (Lipinski definition) is 5. The maximum absolute atomic E-state index is 12.5.